The Morgan fingerprint density at radius 3 is 2.64 bits per heavy atom. The van der Waals surface area contributed by atoms with Crippen LogP contribution >= 0.6 is 11.8 Å². The van der Waals surface area contributed by atoms with Gasteiger partial charge in [0.05, 0.1) is 19.8 Å². The second kappa shape index (κ2) is 7.34. The fourth-order valence-electron chi connectivity index (χ4n) is 3.23. The Hall–Kier alpha value is -2.23. The van der Waals surface area contributed by atoms with Crippen LogP contribution in [0.5, 0.6) is 11.5 Å². The summed E-state index contributed by atoms with van der Waals surface area (Å²) in [6.07, 6.45) is 2.86. The lowest BCUT2D eigenvalue weighted by Gasteiger charge is -2.28. The maximum absolute atomic E-state index is 9.81. The molecule has 2 aromatic rings. The summed E-state index contributed by atoms with van der Waals surface area (Å²) in [4.78, 5) is 7.02. The van der Waals surface area contributed by atoms with Gasteiger partial charge >= 0.3 is 0 Å². The molecule has 1 aromatic heterocycles. The van der Waals surface area contributed by atoms with Crippen LogP contribution < -0.4 is 9.47 Å². The number of rotatable bonds is 4. The predicted molar refractivity (Wildman–Crippen MR) is 99.3 cm³/mol. The van der Waals surface area contributed by atoms with Crippen molar-refractivity contribution in [2.45, 2.75) is 18.0 Å². The Balaban J connectivity index is 2.29. The number of thioether (sulfide) groups is 1. The number of aromatic nitrogens is 1. The Bertz CT molecular complexity index is 846. The fourth-order valence-corrected chi connectivity index (χ4v) is 3.79. The summed E-state index contributed by atoms with van der Waals surface area (Å²) < 4.78 is 10.8. The second-order valence-corrected chi connectivity index (χ2v) is 6.76. The van der Waals surface area contributed by atoms with E-state index in [9.17, 15) is 5.26 Å². The average Bonchev–Trinajstić information content (AvgIpc) is 2.65. The number of nitrogens with zero attached hydrogens (tertiary/aromatic N) is 3. The first-order valence-electron chi connectivity index (χ1n) is 8.03. The SMILES string of the molecule is COc1ccc(-c2c(C#N)c(SC)nc3c2CN(C)CC3)cc1OC. The van der Waals surface area contributed by atoms with Crippen molar-refractivity contribution in [3.8, 4) is 28.7 Å². The molecule has 0 unspecified atom stereocenters. The lowest BCUT2D eigenvalue weighted by Crippen LogP contribution is -2.28. The third-order valence-electron chi connectivity index (χ3n) is 4.49. The van der Waals surface area contributed by atoms with Gasteiger partial charge < -0.3 is 14.4 Å². The van der Waals surface area contributed by atoms with Crippen molar-refractivity contribution in [2.75, 3.05) is 34.1 Å². The van der Waals surface area contributed by atoms with Crippen LogP contribution in [-0.4, -0.2) is 44.0 Å². The van der Waals surface area contributed by atoms with Gasteiger partial charge in [-0.05, 0) is 36.6 Å². The second-order valence-electron chi connectivity index (χ2n) is 5.97. The molecule has 0 spiro atoms. The number of likely N-dealkylation sites (N-methyl/N-ethyl adjacent to an activating group) is 1. The lowest BCUT2D eigenvalue weighted by atomic mass is 9.91. The third-order valence-corrected chi connectivity index (χ3v) is 5.17. The quantitative estimate of drug-likeness (QED) is 0.784. The molecule has 0 bridgehead atoms. The van der Waals surface area contributed by atoms with Crippen molar-refractivity contribution >= 4 is 11.8 Å². The van der Waals surface area contributed by atoms with E-state index in [1.165, 1.54) is 11.8 Å². The minimum Gasteiger partial charge on any atom is -0.493 e. The predicted octanol–water partition coefficient (Wildman–Crippen LogP) is 3.35. The molecule has 0 atom stereocenters. The van der Waals surface area contributed by atoms with Crippen molar-refractivity contribution in [3.63, 3.8) is 0 Å². The molecule has 0 fully saturated rings. The normalized spacial score (nSPS) is 13.9. The van der Waals surface area contributed by atoms with Crippen molar-refractivity contribution in [3.05, 3.63) is 35.0 Å². The minimum absolute atomic E-state index is 0.633. The zero-order valence-electron chi connectivity index (χ0n) is 14.9. The molecule has 1 aromatic carbocycles. The smallest absolute Gasteiger partial charge is 0.161 e. The van der Waals surface area contributed by atoms with Gasteiger partial charge in [-0.25, -0.2) is 4.98 Å². The molecule has 1 aliphatic rings. The van der Waals surface area contributed by atoms with Gasteiger partial charge in [-0.2, -0.15) is 5.26 Å². The summed E-state index contributed by atoms with van der Waals surface area (Å²) in [6, 6.07) is 8.17. The van der Waals surface area contributed by atoms with E-state index in [-0.39, 0.29) is 0 Å². The lowest BCUT2D eigenvalue weighted by molar-refractivity contribution is 0.309. The van der Waals surface area contributed by atoms with Gasteiger partial charge in [0.1, 0.15) is 11.1 Å². The van der Waals surface area contributed by atoms with Crippen LogP contribution in [0.3, 0.4) is 0 Å². The van der Waals surface area contributed by atoms with Crippen LogP contribution in [0.25, 0.3) is 11.1 Å². The highest BCUT2D eigenvalue weighted by molar-refractivity contribution is 7.98. The number of hydrogen-bond donors (Lipinski definition) is 0. The summed E-state index contributed by atoms with van der Waals surface area (Å²) in [7, 11) is 5.33. The average molecular weight is 355 g/mol. The highest BCUT2D eigenvalue weighted by atomic mass is 32.2. The Morgan fingerprint density at radius 2 is 2.00 bits per heavy atom. The highest BCUT2D eigenvalue weighted by Crippen LogP contribution is 2.39. The largest absolute Gasteiger partial charge is 0.493 e. The molecule has 2 heterocycles. The van der Waals surface area contributed by atoms with Crippen molar-refractivity contribution < 1.29 is 9.47 Å². The van der Waals surface area contributed by atoms with Crippen molar-refractivity contribution in [1.82, 2.24) is 9.88 Å². The third kappa shape index (κ3) is 3.17. The van der Waals surface area contributed by atoms with Gasteiger partial charge in [-0.1, -0.05) is 6.07 Å². The first-order chi connectivity index (χ1) is 12.1. The van der Waals surface area contributed by atoms with Crippen LogP contribution in [0.1, 0.15) is 16.8 Å². The van der Waals surface area contributed by atoms with E-state index in [1.54, 1.807) is 14.2 Å². The van der Waals surface area contributed by atoms with Crippen LogP contribution in [0.4, 0.5) is 0 Å². The number of fused-ring (bicyclic) bond motifs is 1. The van der Waals surface area contributed by atoms with Gasteiger partial charge in [0, 0.05) is 30.8 Å². The van der Waals surface area contributed by atoms with Crippen LogP contribution in [-0.2, 0) is 13.0 Å². The number of nitriles is 1. The Labute approximate surface area is 152 Å². The number of methoxy groups -OCH3 is 2. The molecule has 3 rings (SSSR count). The molecule has 1 aliphatic heterocycles. The molecule has 0 saturated carbocycles. The zero-order chi connectivity index (χ0) is 18.0. The number of benzene rings is 1. The van der Waals surface area contributed by atoms with E-state index in [0.29, 0.717) is 17.1 Å². The van der Waals surface area contributed by atoms with E-state index in [1.807, 2.05) is 24.5 Å². The summed E-state index contributed by atoms with van der Waals surface area (Å²) in [5, 5.41) is 10.6. The molecule has 5 nitrogen and oxygen atoms in total. The van der Waals surface area contributed by atoms with Gasteiger partial charge in [0.2, 0.25) is 0 Å². The number of pyridine rings is 1. The number of hydrogen-bond acceptors (Lipinski definition) is 6. The van der Waals surface area contributed by atoms with Gasteiger partial charge in [0.15, 0.2) is 11.5 Å². The molecule has 0 N–H and O–H groups in total. The van der Waals surface area contributed by atoms with E-state index in [0.717, 1.165) is 46.9 Å². The summed E-state index contributed by atoms with van der Waals surface area (Å²) in [5.74, 6) is 1.33. The van der Waals surface area contributed by atoms with Crippen molar-refractivity contribution in [1.29, 1.82) is 5.26 Å². The first-order valence-corrected chi connectivity index (χ1v) is 9.26. The molecular weight excluding hydrogens is 334 g/mol. The minimum atomic E-state index is 0.633. The topological polar surface area (TPSA) is 58.4 Å². The first kappa shape index (κ1) is 17.6. The summed E-state index contributed by atoms with van der Waals surface area (Å²) in [6.45, 7) is 1.76. The maximum Gasteiger partial charge on any atom is 0.161 e. The molecular formula is C19H21N3O2S. The van der Waals surface area contributed by atoms with Gasteiger partial charge in [-0.15, -0.1) is 11.8 Å². The van der Waals surface area contributed by atoms with E-state index >= 15 is 0 Å². The van der Waals surface area contributed by atoms with Crippen molar-refractivity contribution in [2.24, 2.45) is 0 Å². The van der Waals surface area contributed by atoms with Gasteiger partial charge in [0.25, 0.3) is 0 Å². The highest BCUT2D eigenvalue weighted by Gasteiger charge is 2.25. The zero-order valence-corrected chi connectivity index (χ0v) is 15.7. The molecule has 0 radical (unpaired) electrons. The standard InChI is InChI=1S/C19H21N3O2S/c1-22-8-7-15-14(11-22)18(13(10-20)19(21-15)25-4)12-5-6-16(23-2)17(9-12)24-3/h5-6,9H,7-8,11H2,1-4H3. The van der Waals surface area contributed by atoms with E-state index in [4.69, 9.17) is 14.5 Å². The monoisotopic (exact) mass is 355 g/mol. The number of ether oxygens (including phenoxy) is 2. The molecule has 6 heteroatoms. The van der Waals surface area contributed by atoms with Crippen LogP contribution in [0, 0.1) is 11.3 Å². The molecule has 0 aliphatic carbocycles. The molecule has 25 heavy (non-hydrogen) atoms. The van der Waals surface area contributed by atoms with Crippen LogP contribution in [0.2, 0.25) is 0 Å². The summed E-state index contributed by atoms with van der Waals surface area (Å²) >= 11 is 1.52. The Morgan fingerprint density at radius 1 is 1.24 bits per heavy atom. The molecule has 130 valence electrons. The van der Waals surface area contributed by atoms with E-state index < -0.39 is 0 Å². The molecule has 0 saturated heterocycles. The van der Waals surface area contributed by atoms with Crippen LogP contribution in [0.15, 0.2) is 23.2 Å². The molecule has 0 amide bonds. The Kier molecular flexibility index (Phi) is 5.16. The fraction of sp³-hybridized carbons (Fsp3) is 0.368. The summed E-state index contributed by atoms with van der Waals surface area (Å²) in [5.41, 5.74) is 4.78. The maximum atomic E-state index is 9.81. The van der Waals surface area contributed by atoms with E-state index in [2.05, 4.69) is 18.0 Å². The van der Waals surface area contributed by atoms with Gasteiger partial charge in [-0.3, -0.25) is 0 Å².